The molecule has 0 spiro atoms. The standard InChI is InChI=1S/C25H21FN2O3S/c1-15-11-12-16(24(29)27-17-7-4-3-5-8-17)13-20(15)28-25(30)23-18(14-31-2)22-19(26)9-6-10-21(22)32-23/h3-13H,14H2,1-2H3,(H,27,29)(H,28,30). The van der Waals surface area contributed by atoms with Crippen molar-refractivity contribution in [1.29, 1.82) is 0 Å². The maximum absolute atomic E-state index is 14.4. The summed E-state index contributed by atoms with van der Waals surface area (Å²) >= 11 is 1.21. The van der Waals surface area contributed by atoms with Crippen LogP contribution in [0.3, 0.4) is 0 Å². The Morgan fingerprint density at radius 3 is 2.50 bits per heavy atom. The summed E-state index contributed by atoms with van der Waals surface area (Å²) in [5.41, 5.74) is 2.92. The SMILES string of the molecule is COCc1c(C(=O)Nc2cc(C(=O)Nc3ccccc3)ccc2C)sc2cccc(F)c12. The molecule has 0 aliphatic heterocycles. The van der Waals surface area contributed by atoms with Crippen molar-refractivity contribution in [3.63, 3.8) is 0 Å². The van der Waals surface area contributed by atoms with Crippen LogP contribution in [0.5, 0.6) is 0 Å². The van der Waals surface area contributed by atoms with Crippen molar-refractivity contribution >= 4 is 44.6 Å². The van der Waals surface area contributed by atoms with Crippen molar-refractivity contribution < 1.29 is 18.7 Å². The van der Waals surface area contributed by atoms with Gasteiger partial charge in [-0.1, -0.05) is 30.3 Å². The normalized spacial score (nSPS) is 10.8. The predicted molar refractivity (Wildman–Crippen MR) is 126 cm³/mol. The van der Waals surface area contributed by atoms with E-state index in [-0.39, 0.29) is 24.2 Å². The number of carbonyl (C=O) groups excluding carboxylic acids is 2. The number of thiophene rings is 1. The Bertz CT molecular complexity index is 1300. The first-order valence-corrected chi connectivity index (χ1v) is 10.8. The Morgan fingerprint density at radius 2 is 1.75 bits per heavy atom. The van der Waals surface area contributed by atoms with E-state index >= 15 is 0 Å². The van der Waals surface area contributed by atoms with Crippen LogP contribution in [0, 0.1) is 12.7 Å². The summed E-state index contributed by atoms with van der Waals surface area (Å²) in [5.74, 6) is -1.04. The molecule has 2 N–H and O–H groups in total. The highest BCUT2D eigenvalue weighted by molar-refractivity contribution is 7.21. The van der Waals surface area contributed by atoms with Crippen molar-refractivity contribution in [1.82, 2.24) is 0 Å². The Balaban J connectivity index is 1.62. The molecule has 3 aromatic carbocycles. The van der Waals surface area contributed by atoms with E-state index in [1.165, 1.54) is 24.5 Å². The summed E-state index contributed by atoms with van der Waals surface area (Å²) in [6.45, 7) is 1.96. The maximum atomic E-state index is 14.4. The maximum Gasteiger partial charge on any atom is 0.266 e. The Morgan fingerprint density at radius 1 is 0.969 bits per heavy atom. The second-order valence-corrected chi connectivity index (χ2v) is 8.31. The smallest absolute Gasteiger partial charge is 0.266 e. The number of ether oxygens (including phenoxy) is 1. The molecule has 0 unspecified atom stereocenters. The monoisotopic (exact) mass is 448 g/mol. The van der Waals surface area contributed by atoms with Crippen LogP contribution in [0.1, 0.15) is 31.2 Å². The highest BCUT2D eigenvalue weighted by Gasteiger charge is 2.21. The minimum absolute atomic E-state index is 0.113. The molecule has 7 heteroatoms. The first kappa shape index (κ1) is 21.7. The molecule has 0 saturated carbocycles. The van der Waals surface area contributed by atoms with Crippen molar-refractivity contribution in [2.24, 2.45) is 0 Å². The molecular weight excluding hydrogens is 427 g/mol. The zero-order valence-electron chi connectivity index (χ0n) is 17.6. The van der Waals surface area contributed by atoms with Gasteiger partial charge >= 0.3 is 0 Å². The van der Waals surface area contributed by atoms with E-state index in [1.54, 1.807) is 42.5 Å². The molecule has 0 saturated heterocycles. The summed E-state index contributed by atoms with van der Waals surface area (Å²) < 4.78 is 20.3. The van der Waals surface area contributed by atoms with Crippen LogP contribution in [0.4, 0.5) is 15.8 Å². The third-order valence-corrected chi connectivity index (χ3v) is 6.23. The number of halogens is 1. The molecule has 0 aliphatic carbocycles. The number of rotatable bonds is 6. The number of aryl methyl sites for hydroxylation is 1. The van der Waals surface area contributed by atoms with E-state index in [9.17, 15) is 14.0 Å². The molecule has 2 amide bonds. The second kappa shape index (κ2) is 9.30. The van der Waals surface area contributed by atoms with Gasteiger partial charge in [0.25, 0.3) is 11.8 Å². The summed E-state index contributed by atoms with van der Waals surface area (Å²) in [6.07, 6.45) is 0. The molecule has 0 atom stereocenters. The summed E-state index contributed by atoms with van der Waals surface area (Å²) in [5, 5.41) is 6.11. The molecule has 5 nitrogen and oxygen atoms in total. The lowest BCUT2D eigenvalue weighted by atomic mass is 10.1. The third-order valence-electron chi connectivity index (χ3n) is 5.04. The van der Waals surface area contributed by atoms with Crippen LogP contribution < -0.4 is 10.6 Å². The number of fused-ring (bicyclic) bond motifs is 1. The van der Waals surface area contributed by atoms with Gasteiger partial charge in [0.2, 0.25) is 0 Å². The predicted octanol–water partition coefficient (Wildman–Crippen LogP) is 6.00. The molecule has 0 radical (unpaired) electrons. The van der Waals surface area contributed by atoms with Gasteiger partial charge < -0.3 is 15.4 Å². The quantitative estimate of drug-likeness (QED) is 0.380. The average molecular weight is 449 g/mol. The van der Waals surface area contributed by atoms with Crippen LogP contribution in [-0.4, -0.2) is 18.9 Å². The Hall–Kier alpha value is -3.55. The molecule has 1 heterocycles. The number of amides is 2. The van der Waals surface area contributed by atoms with Crippen molar-refractivity contribution in [2.75, 3.05) is 17.7 Å². The molecule has 162 valence electrons. The molecule has 0 aliphatic rings. The van der Waals surface area contributed by atoms with Crippen LogP contribution in [0.2, 0.25) is 0 Å². The first-order valence-electron chi connectivity index (χ1n) is 9.95. The lowest BCUT2D eigenvalue weighted by Crippen LogP contribution is -2.16. The van der Waals surface area contributed by atoms with E-state index in [0.29, 0.717) is 37.5 Å². The van der Waals surface area contributed by atoms with Gasteiger partial charge in [-0.15, -0.1) is 11.3 Å². The molecule has 32 heavy (non-hydrogen) atoms. The number of hydrogen-bond acceptors (Lipinski definition) is 4. The Labute approximate surface area is 188 Å². The molecular formula is C25H21FN2O3S. The van der Waals surface area contributed by atoms with Gasteiger partial charge in [-0.25, -0.2) is 4.39 Å². The molecule has 4 aromatic rings. The number of para-hydroxylation sites is 1. The van der Waals surface area contributed by atoms with Gasteiger partial charge in [-0.3, -0.25) is 9.59 Å². The first-order chi connectivity index (χ1) is 15.5. The van der Waals surface area contributed by atoms with Gasteiger partial charge in [0.1, 0.15) is 5.82 Å². The second-order valence-electron chi connectivity index (χ2n) is 7.26. The van der Waals surface area contributed by atoms with Gasteiger partial charge in [-0.2, -0.15) is 0 Å². The topological polar surface area (TPSA) is 67.4 Å². The van der Waals surface area contributed by atoms with Crippen LogP contribution >= 0.6 is 11.3 Å². The summed E-state index contributed by atoms with van der Waals surface area (Å²) in [4.78, 5) is 26.2. The van der Waals surface area contributed by atoms with Crippen LogP contribution in [0.15, 0.2) is 66.7 Å². The van der Waals surface area contributed by atoms with E-state index in [0.717, 1.165) is 5.56 Å². The minimum atomic E-state index is -0.388. The van der Waals surface area contributed by atoms with Crippen LogP contribution in [0.25, 0.3) is 10.1 Å². The zero-order valence-corrected chi connectivity index (χ0v) is 18.4. The van der Waals surface area contributed by atoms with Crippen LogP contribution in [-0.2, 0) is 11.3 Å². The molecule has 0 bridgehead atoms. The number of benzene rings is 3. The Kier molecular flexibility index (Phi) is 6.30. The molecule has 4 rings (SSSR count). The van der Waals surface area contributed by atoms with Crippen molar-refractivity contribution in [3.8, 4) is 0 Å². The summed E-state index contributed by atoms with van der Waals surface area (Å²) in [6, 6.07) is 19.0. The van der Waals surface area contributed by atoms with Gasteiger partial charge in [-0.05, 0) is 48.9 Å². The molecule has 0 fully saturated rings. The van der Waals surface area contributed by atoms with Gasteiger partial charge in [0.05, 0.1) is 11.5 Å². The number of anilines is 2. The number of nitrogens with one attached hydrogen (secondary N) is 2. The lowest BCUT2D eigenvalue weighted by Gasteiger charge is -2.11. The van der Waals surface area contributed by atoms with Gasteiger partial charge in [0, 0.05) is 39.7 Å². The largest absolute Gasteiger partial charge is 0.380 e. The summed E-state index contributed by atoms with van der Waals surface area (Å²) in [7, 11) is 1.50. The highest BCUT2D eigenvalue weighted by Crippen LogP contribution is 2.34. The fourth-order valence-electron chi connectivity index (χ4n) is 3.43. The van der Waals surface area contributed by atoms with E-state index in [4.69, 9.17) is 4.74 Å². The number of carbonyl (C=O) groups is 2. The van der Waals surface area contributed by atoms with Gasteiger partial charge in [0.15, 0.2) is 0 Å². The van der Waals surface area contributed by atoms with E-state index < -0.39 is 0 Å². The minimum Gasteiger partial charge on any atom is -0.380 e. The fourth-order valence-corrected chi connectivity index (χ4v) is 4.55. The third kappa shape index (κ3) is 4.39. The zero-order chi connectivity index (χ0) is 22.7. The van der Waals surface area contributed by atoms with E-state index in [2.05, 4.69) is 10.6 Å². The lowest BCUT2D eigenvalue weighted by molar-refractivity contribution is 0.101. The van der Waals surface area contributed by atoms with Crippen molar-refractivity contribution in [3.05, 3.63) is 94.1 Å². The fraction of sp³-hybridized carbons (Fsp3) is 0.120. The molecule has 1 aromatic heterocycles. The highest BCUT2D eigenvalue weighted by atomic mass is 32.1. The van der Waals surface area contributed by atoms with Crippen molar-refractivity contribution in [2.45, 2.75) is 13.5 Å². The number of methoxy groups -OCH3 is 1. The van der Waals surface area contributed by atoms with E-state index in [1.807, 2.05) is 25.1 Å². The number of hydrogen-bond donors (Lipinski definition) is 2. The average Bonchev–Trinajstić information content (AvgIpc) is 3.16.